The Labute approximate surface area is 101 Å². The lowest BCUT2D eigenvalue weighted by molar-refractivity contribution is 0.112. The molecule has 2 aromatic carbocycles. The van der Waals surface area contributed by atoms with Crippen LogP contribution in [-0.2, 0) is 0 Å². The predicted octanol–water partition coefficient (Wildman–Crippen LogP) is 3.64. The highest BCUT2D eigenvalue weighted by molar-refractivity contribution is 5.75. The van der Waals surface area contributed by atoms with E-state index in [1.165, 1.54) is 0 Å². The second kappa shape index (κ2) is 5.30. The van der Waals surface area contributed by atoms with Crippen molar-refractivity contribution in [2.45, 2.75) is 13.0 Å². The largest absolute Gasteiger partial charge is 0.486 e. The van der Waals surface area contributed by atoms with Crippen molar-refractivity contribution in [3.05, 3.63) is 65.7 Å². The first-order valence-corrected chi connectivity index (χ1v) is 5.56. The van der Waals surface area contributed by atoms with Crippen LogP contribution in [0.2, 0.25) is 0 Å². The molecule has 0 heterocycles. The van der Waals surface area contributed by atoms with Crippen LogP contribution in [0.1, 0.15) is 28.9 Å². The summed E-state index contributed by atoms with van der Waals surface area (Å²) in [5.41, 5.74) is 1.74. The van der Waals surface area contributed by atoms with E-state index in [0.717, 1.165) is 11.8 Å². The number of carbonyl (C=O) groups excluding carboxylic acids is 1. The maximum Gasteiger partial charge on any atom is 0.150 e. The number of benzene rings is 2. The van der Waals surface area contributed by atoms with Gasteiger partial charge in [-0.05, 0) is 24.6 Å². The van der Waals surface area contributed by atoms with E-state index < -0.39 is 0 Å². The lowest BCUT2D eigenvalue weighted by Crippen LogP contribution is -2.02. The summed E-state index contributed by atoms with van der Waals surface area (Å²) in [6, 6.07) is 17.2. The van der Waals surface area contributed by atoms with Crippen LogP contribution in [-0.4, -0.2) is 6.29 Å². The van der Waals surface area contributed by atoms with Crippen molar-refractivity contribution in [1.82, 2.24) is 0 Å². The minimum Gasteiger partial charge on any atom is -0.486 e. The molecule has 2 aromatic rings. The van der Waals surface area contributed by atoms with Crippen LogP contribution in [0.25, 0.3) is 0 Å². The molecule has 1 atom stereocenters. The average Bonchev–Trinajstić information content (AvgIpc) is 2.40. The Morgan fingerprint density at radius 2 is 1.82 bits per heavy atom. The van der Waals surface area contributed by atoms with Gasteiger partial charge in [-0.3, -0.25) is 4.79 Å². The minimum atomic E-state index is -0.0295. The van der Waals surface area contributed by atoms with Crippen LogP contribution in [0.4, 0.5) is 0 Å². The molecule has 0 fully saturated rings. The van der Waals surface area contributed by atoms with E-state index in [0.29, 0.717) is 11.3 Å². The molecule has 1 unspecified atom stereocenters. The van der Waals surface area contributed by atoms with Crippen molar-refractivity contribution in [1.29, 1.82) is 0 Å². The van der Waals surface area contributed by atoms with Crippen molar-refractivity contribution in [3.63, 3.8) is 0 Å². The number of ether oxygens (including phenoxy) is 1. The molecule has 2 nitrogen and oxygen atoms in total. The highest BCUT2D eigenvalue weighted by atomic mass is 16.5. The van der Waals surface area contributed by atoms with Gasteiger partial charge in [-0.2, -0.15) is 0 Å². The van der Waals surface area contributed by atoms with Crippen molar-refractivity contribution >= 4 is 6.29 Å². The standard InChI is InChI=1S/C15H14O2/c1-12(14-7-3-2-4-8-14)17-15-9-5-6-13(10-15)11-16/h2-12H,1H3. The molecule has 0 N–H and O–H groups in total. The molecular weight excluding hydrogens is 212 g/mol. The first-order valence-electron chi connectivity index (χ1n) is 5.56. The number of rotatable bonds is 4. The third kappa shape index (κ3) is 2.94. The second-order valence-electron chi connectivity index (χ2n) is 3.86. The maximum atomic E-state index is 10.7. The SMILES string of the molecule is CC(Oc1cccc(C=O)c1)c1ccccc1. The van der Waals surface area contributed by atoms with Crippen molar-refractivity contribution in [2.75, 3.05) is 0 Å². The fourth-order valence-electron chi connectivity index (χ4n) is 1.66. The predicted molar refractivity (Wildman–Crippen MR) is 67.3 cm³/mol. The molecule has 0 saturated heterocycles. The normalized spacial score (nSPS) is 11.8. The Balaban J connectivity index is 2.13. The van der Waals surface area contributed by atoms with Gasteiger partial charge in [0.2, 0.25) is 0 Å². The topological polar surface area (TPSA) is 26.3 Å². The van der Waals surface area contributed by atoms with E-state index in [1.54, 1.807) is 12.1 Å². The lowest BCUT2D eigenvalue weighted by atomic mass is 10.1. The van der Waals surface area contributed by atoms with Crippen molar-refractivity contribution < 1.29 is 9.53 Å². The zero-order valence-corrected chi connectivity index (χ0v) is 9.67. The van der Waals surface area contributed by atoms with Gasteiger partial charge in [-0.25, -0.2) is 0 Å². The monoisotopic (exact) mass is 226 g/mol. The van der Waals surface area contributed by atoms with Crippen LogP contribution in [0.3, 0.4) is 0 Å². The summed E-state index contributed by atoms with van der Waals surface area (Å²) in [7, 11) is 0. The van der Waals surface area contributed by atoms with Crippen LogP contribution >= 0.6 is 0 Å². The van der Waals surface area contributed by atoms with E-state index in [2.05, 4.69) is 0 Å². The quantitative estimate of drug-likeness (QED) is 0.744. The molecule has 86 valence electrons. The van der Waals surface area contributed by atoms with Crippen LogP contribution < -0.4 is 4.74 Å². The molecule has 0 bridgehead atoms. The van der Waals surface area contributed by atoms with Crippen LogP contribution in [0.15, 0.2) is 54.6 Å². The molecule has 0 spiro atoms. The number of hydrogen-bond acceptors (Lipinski definition) is 2. The molecule has 2 rings (SSSR count). The Bertz CT molecular complexity index is 491. The van der Waals surface area contributed by atoms with Gasteiger partial charge in [-0.1, -0.05) is 42.5 Å². The molecule has 0 amide bonds. The highest BCUT2D eigenvalue weighted by Crippen LogP contribution is 2.21. The van der Waals surface area contributed by atoms with Gasteiger partial charge in [0.15, 0.2) is 0 Å². The molecule has 0 aliphatic rings. The van der Waals surface area contributed by atoms with E-state index in [9.17, 15) is 4.79 Å². The lowest BCUT2D eigenvalue weighted by Gasteiger charge is -2.15. The summed E-state index contributed by atoms with van der Waals surface area (Å²) in [5.74, 6) is 0.714. The summed E-state index contributed by atoms with van der Waals surface area (Å²) < 4.78 is 5.78. The minimum absolute atomic E-state index is 0.0295. The van der Waals surface area contributed by atoms with E-state index in [4.69, 9.17) is 4.74 Å². The smallest absolute Gasteiger partial charge is 0.150 e. The van der Waals surface area contributed by atoms with E-state index in [1.807, 2.05) is 49.4 Å². The average molecular weight is 226 g/mol. The Morgan fingerprint density at radius 3 is 2.53 bits per heavy atom. The van der Waals surface area contributed by atoms with Gasteiger partial charge in [0, 0.05) is 5.56 Å². The molecule has 0 aliphatic carbocycles. The van der Waals surface area contributed by atoms with Crippen molar-refractivity contribution in [3.8, 4) is 5.75 Å². The molecule has 2 heteroatoms. The van der Waals surface area contributed by atoms with Crippen LogP contribution in [0.5, 0.6) is 5.75 Å². The Hall–Kier alpha value is -2.09. The Kier molecular flexibility index (Phi) is 3.55. The van der Waals surface area contributed by atoms with Gasteiger partial charge >= 0.3 is 0 Å². The molecule has 0 aromatic heterocycles. The fraction of sp³-hybridized carbons (Fsp3) is 0.133. The molecule has 0 saturated carbocycles. The van der Waals surface area contributed by atoms with E-state index in [-0.39, 0.29) is 6.10 Å². The summed E-state index contributed by atoms with van der Waals surface area (Å²) in [6.07, 6.45) is 0.790. The third-order valence-electron chi connectivity index (χ3n) is 2.58. The summed E-state index contributed by atoms with van der Waals surface area (Å²) >= 11 is 0. The Morgan fingerprint density at radius 1 is 1.06 bits per heavy atom. The number of hydrogen-bond donors (Lipinski definition) is 0. The molecular formula is C15H14O2. The van der Waals surface area contributed by atoms with Gasteiger partial charge in [0.25, 0.3) is 0 Å². The van der Waals surface area contributed by atoms with Gasteiger partial charge in [0.1, 0.15) is 18.1 Å². The maximum absolute atomic E-state index is 10.7. The third-order valence-corrected chi connectivity index (χ3v) is 2.58. The van der Waals surface area contributed by atoms with Crippen molar-refractivity contribution in [2.24, 2.45) is 0 Å². The summed E-state index contributed by atoms with van der Waals surface area (Å²) in [5, 5.41) is 0. The number of carbonyl (C=O) groups is 1. The first-order chi connectivity index (χ1) is 8.29. The van der Waals surface area contributed by atoms with E-state index >= 15 is 0 Å². The zero-order chi connectivity index (χ0) is 12.1. The summed E-state index contributed by atoms with van der Waals surface area (Å²) in [4.78, 5) is 10.7. The second-order valence-corrected chi connectivity index (χ2v) is 3.86. The molecule has 0 radical (unpaired) electrons. The molecule has 0 aliphatic heterocycles. The zero-order valence-electron chi connectivity index (χ0n) is 9.67. The first kappa shape index (κ1) is 11.4. The van der Waals surface area contributed by atoms with Gasteiger partial charge in [0.05, 0.1) is 0 Å². The highest BCUT2D eigenvalue weighted by Gasteiger charge is 2.06. The summed E-state index contributed by atoms with van der Waals surface area (Å²) in [6.45, 7) is 1.99. The van der Waals surface area contributed by atoms with Crippen LogP contribution in [0, 0.1) is 0 Å². The van der Waals surface area contributed by atoms with Gasteiger partial charge in [-0.15, -0.1) is 0 Å². The van der Waals surface area contributed by atoms with Gasteiger partial charge < -0.3 is 4.74 Å². The number of aldehydes is 1. The fourth-order valence-corrected chi connectivity index (χ4v) is 1.66. The molecule has 17 heavy (non-hydrogen) atoms.